The Morgan fingerprint density at radius 1 is 1.46 bits per heavy atom. The molecule has 0 aromatic carbocycles. The first-order valence-corrected chi connectivity index (χ1v) is 6.38. The van der Waals surface area contributed by atoms with Crippen molar-refractivity contribution in [3.8, 4) is 0 Å². The predicted octanol–water partition coefficient (Wildman–Crippen LogP) is 1.53. The van der Waals surface area contributed by atoms with E-state index in [2.05, 4.69) is 0 Å². The van der Waals surface area contributed by atoms with Crippen LogP contribution in [0.4, 0.5) is 0 Å². The standard InChI is InChI=1S/C7H10Cl2O3S/c1-2-13(11,12)7(8,9)6(10)5-3-4-5/h5H,2-4H2,1H3. The number of hydrogen-bond acceptors (Lipinski definition) is 3. The maximum Gasteiger partial charge on any atom is 0.275 e. The third-order valence-electron chi connectivity index (χ3n) is 2.01. The summed E-state index contributed by atoms with van der Waals surface area (Å²) in [5.74, 6) is -1.05. The fourth-order valence-corrected chi connectivity index (χ4v) is 2.72. The topological polar surface area (TPSA) is 51.2 Å². The number of rotatable bonds is 4. The molecule has 0 atom stereocenters. The average Bonchev–Trinajstić information content (AvgIpc) is 2.85. The van der Waals surface area contributed by atoms with Crippen molar-refractivity contribution in [3.05, 3.63) is 0 Å². The van der Waals surface area contributed by atoms with E-state index in [9.17, 15) is 13.2 Å². The minimum atomic E-state index is -3.72. The zero-order chi connectivity index (χ0) is 10.3. The molecule has 3 nitrogen and oxygen atoms in total. The molecule has 0 aliphatic heterocycles. The summed E-state index contributed by atoms with van der Waals surface area (Å²) in [4.78, 5) is 11.4. The Labute approximate surface area is 87.3 Å². The highest BCUT2D eigenvalue weighted by molar-refractivity contribution is 7.96. The van der Waals surface area contributed by atoms with Crippen molar-refractivity contribution in [3.63, 3.8) is 0 Å². The largest absolute Gasteiger partial charge is 0.295 e. The zero-order valence-corrected chi connectivity index (χ0v) is 9.42. The van der Waals surface area contributed by atoms with Gasteiger partial charge in [-0.2, -0.15) is 0 Å². The first kappa shape index (κ1) is 11.3. The molecule has 0 aromatic rings. The molecule has 0 unspecified atom stereocenters. The summed E-state index contributed by atoms with van der Waals surface area (Å²) in [6.07, 6.45) is 1.39. The molecule has 1 aliphatic rings. The lowest BCUT2D eigenvalue weighted by Crippen LogP contribution is -2.37. The van der Waals surface area contributed by atoms with Gasteiger partial charge in [0.25, 0.3) is 3.67 Å². The Bertz CT molecular complexity index is 317. The highest BCUT2D eigenvalue weighted by Gasteiger charge is 2.51. The molecule has 0 heterocycles. The zero-order valence-electron chi connectivity index (χ0n) is 7.09. The van der Waals surface area contributed by atoms with Crippen LogP contribution in [0.3, 0.4) is 0 Å². The van der Waals surface area contributed by atoms with Gasteiger partial charge in [-0.1, -0.05) is 30.1 Å². The Hall–Kier alpha value is 0.200. The van der Waals surface area contributed by atoms with Gasteiger partial charge in [-0.05, 0) is 12.8 Å². The third kappa shape index (κ3) is 2.00. The van der Waals surface area contributed by atoms with E-state index in [0.29, 0.717) is 12.8 Å². The average molecular weight is 245 g/mol. The first-order chi connectivity index (χ1) is 5.83. The van der Waals surface area contributed by atoms with Crippen molar-refractivity contribution < 1.29 is 13.2 Å². The van der Waals surface area contributed by atoms with Gasteiger partial charge in [0.1, 0.15) is 0 Å². The van der Waals surface area contributed by atoms with Gasteiger partial charge < -0.3 is 0 Å². The smallest absolute Gasteiger partial charge is 0.275 e. The number of sulfone groups is 1. The molecule has 1 saturated carbocycles. The van der Waals surface area contributed by atoms with Crippen molar-refractivity contribution in [2.24, 2.45) is 5.92 Å². The van der Waals surface area contributed by atoms with Crippen LogP contribution in [0.15, 0.2) is 0 Å². The summed E-state index contributed by atoms with van der Waals surface area (Å²) < 4.78 is 20.4. The number of carbonyl (C=O) groups is 1. The molecule has 0 bridgehead atoms. The quantitative estimate of drug-likeness (QED) is 0.706. The molecule has 0 N–H and O–H groups in total. The van der Waals surface area contributed by atoms with Gasteiger partial charge in [-0.3, -0.25) is 4.79 Å². The van der Waals surface area contributed by atoms with E-state index in [1.54, 1.807) is 0 Å². The predicted molar refractivity (Wildman–Crippen MR) is 51.6 cm³/mol. The minimum Gasteiger partial charge on any atom is -0.295 e. The number of Topliss-reactive ketones (excluding diaryl/α,β-unsaturated/α-hetero) is 1. The van der Waals surface area contributed by atoms with E-state index in [4.69, 9.17) is 23.2 Å². The van der Waals surface area contributed by atoms with E-state index in [0.717, 1.165) is 0 Å². The molecule has 13 heavy (non-hydrogen) atoms. The third-order valence-corrected chi connectivity index (χ3v) is 5.53. The summed E-state index contributed by atoms with van der Waals surface area (Å²) in [6.45, 7) is 1.41. The first-order valence-electron chi connectivity index (χ1n) is 3.97. The van der Waals surface area contributed by atoms with Crippen molar-refractivity contribution in [1.29, 1.82) is 0 Å². The molecule has 76 valence electrons. The monoisotopic (exact) mass is 244 g/mol. The number of ketones is 1. The summed E-state index contributed by atoms with van der Waals surface area (Å²) in [6, 6.07) is 0. The van der Waals surface area contributed by atoms with Gasteiger partial charge in [0.2, 0.25) is 0 Å². The fourth-order valence-electron chi connectivity index (χ4n) is 0.918. The molecule has 6 heteroatoms. The second kappa shape index (κ2) is 3.41. The molecular formula is C7H10Cl2O3S. The van der Waals surface area contributed by atoms with Crippen LogP contribution in [0.5, 0.6) is 0 Å². The fraction of sp³-hybridized carbons (Fsp3) is 0.857. The van der Waals surface area contributed by atoms with Crippen LogP contribution in [-0.2, 0) is 14.6 Å². The van der Waals surface area contributed by atoms with Gasteiger partial charge in [0.15, 0.2) is 15.6 Å². The van der Waals surface area contributed by atoms with Gasteiger partial charge in [-0.25, -0.2) is 8.42 Å². The minimum absolute atomic E-state index is 0.224. The van der Waals surface area contributed by atoms with Crippen molar-refractivity contribution in [2.45, 2.75) is 23.4 Å². The Balaban J connectivity index is 2.92. The van der Waals surface area contributed by atoms with Crippen LogP contribution in [0.25, 0.3) is 0 Å². The van der Waals surface area contributed by atoms with E-state index in [1.807, 2.05) is 0 Å². The maximum absolute atomic E-state index is 11.4. The number of halogens is 2. The lowest BCUT2D eigenvalue weighted by atomic mass is 10.3. The van der Waals surface area contributed by atoms with Gasteiger partial charge in [0.05, 0.1) is 5.75 Å². The number of carbonyl (C=O) groups excluding carboxylic acids is 1. The Morgan fingerprint density at radius 2 is 1.92 bits per heavy atom. The maximum atomic E-state index is 11.4. The van der Waals surface area contributed by atoms with Gasteiger partial charge in [-0.15, -0.1) is 0 Å². The van der Waals surface area contributed by atoms with Crippen molar-refractivity contribution in [1.82, 2.24) is 0 Å². The molecular weight excluding hydrogens is 235 g/mol. The molecule has 0 saturated heterocycles. The van der Waals surface area contributed by atoms with Gasteiger partial charge >= 0.3 is 0 Å². The normalized spacial score (nSPS) is 18.7. The van der Waals surface area contributed by atoms with Crippen molar-refractivity contribution >= 4 is 38.8 Å². The second-order valence-electron chi connectivity index (χ2n) is 3.06. The highest BCUT2D eigenvalue weighted by Crippen LogP contribution is 2.41. The lowest BCUT2D eigenvalue weighted by molar-refractivity contribution is -0.119. The van der Waals surface area contributed by atoms with Crippen LogP contribution in [0, 0.1) is 5.92 Å². The molecule has 0 amide bonds. The van der Waals surface area contributed by atoms with Crippen LogP contribution in [0.2, 0.25) is 0 Å². The highest BCUT2D eigenvalue weighted by atomic mass is 35.5. The SMILES string of the molecule is CCS(=O)(=O)C(Cl)(Cl)C(=O)C1CC1. The van der Waals surface area contributed by atoms with E-state index in [-0.39, 0.29) is 11.7 Å². The molecule has 0 spiro atoms. The van der Waals surface area contributed by atoms with E-state index in [1.165, 1.54) is 6.92 Å². The summed E-state index contributed by atoms with van der Waals surface area (Å²) in [5, 5.41) is 0. The van der Waals surface area contributed by atoms with Crippen LogP contribution < -0.4 is 0 Å². The molecule has 0 radical (unpaired) electrons. The van der Waals surface area contributed by atoms with E-state index >= 15 is 0 Å². The molecule has 1 rings (SSSR count). The Morgan fingerprint density at radius 3 is 2.23 bits per heavy atom. The summed E-state index contributed by atoms with van der Waals surface area (Å²) in [5.41, 5.74) is 0. The number of hydrogen-bond donors (Lipinski definition) is 0. The number of alkyl halides is 2. The van der Waals surface area contributed by atoms with Crippen LogP contribution in [0.1, 0.15) is 19.8 Å². The van der Waals surface area contributed by atoms with Gasteiger partial charge in [0, 0.05) is 5.92 Å². The second-order valence-corrected chi connectivity index (χ2v) is 7.25. The Kier molecular flexibility index (Phi) is 2.95. The van der Waals surface area contributed by atoms with Crippen molar-refractivity contribution in [2.75, 3.05) is 5.75 Å². The summed E-state index contributed by atoms with van der Waals surface area (Å²) in [7, 11) is -3.72. The molecule has 0 aromatic heterocycles. The van der Waals surface area contributed by atoms with E-state index < -0.39 is 19.3 Å². The van der Waals surface area contributed by atoms with Crippen LogP contribution in [-0.4, -0.2) is 23.6 Å². The molecule has 1 fully saturated rings. The molecule has 1 aliphatic carbocycles. The lowest BCUT2D eigenvalue weighted by Gasteiger charge is -2.16. The summed E-state index contributed by atoms with van der Waals surface area (Å²) >= 11 is 11.1. The van der Waals surface area contributed by atoms with Crippen LogP contribution >= 0.6 is 23.2 Å².